The van der Waals surface area contributed by atoms with Crippen molar-refractivity contribution < 1.29 is 39.6 Å². The summed E-state index contributed by atoms with van der Waals surface area (Å²) >= 11 is 0. The van der Waals surface area contributed by atoms with Crippen LogP contribution in [0.15, 0.2) is 87.8 Å². The smallest absolute Gasteiger partial charge is 0.872 e. The molecule has 3 heterocycles. The van der Waals surface area contributed by atoms with E-state index in [0.29, 0.717) is 16.7 Å². The predicted octanol–water partition coefficient (Wildman–Crippen LogP) is 0.0319. The van der Waals surface area contributed by atoms with Gasteiger partial charge in [0.2, 0.25) is 6.41 Å². The first-order valence-electron chi connectivity index (χ1n) is 13.2. The van der Waals surface area contributed by atoms with Gasteiger partial charge in [-0.15, -0.1) is 0 Å². The first-order chi connectivity index (χ1) is 19.9. The Kier molecular flexibility index (Phi) is 14.5. The van der Waals surface area contributed by atoms with Crippen LogP contribution in [-0.2, 0) is 24.3 Å². The Bertz CT molecular complexity index is 1220. The Labute approximate surface area is 258 Å². The number of amides is 1. The summed E-state index contributed by atoms with van der Waals surface area (Å²) in [6, 6.07) is 20.8. The van der Waals surface area contributed by atoms with E-state index in [4.69, 9.17) is 0 Å². The molecule has 6 rings (SSSR count). The Morgan fingerprint density at radius 2 is 0.857 bits per heavy atom. The van der Waals surface area contributed by atoms with Crippen molar-refractivity contribution in [2.24, 2.45) is 15.0 Å². The molecule has 0 fully saturated rings. The molecule has 0 spiro atoms. The first-order valence-corrected chi connectivity index (χ1v) is 13.2. The number of carbonyl (C=O) groups excluding carboxylic acids is 1. The van der Waals surface area contributed by atoms with Crippen LogP contribution in [0, 0.1) is 0 Å². The summed E-state index contributed by atoms with van der Waals surface area (Å²) in [5, 5.41) is 43.0. The number of nitrogens with zero attached hydrogens (tertiary/aromatic N) is 4. The van der Waals surface area contributed by atoms with Crippen LogP contribution in [0.4, 0.5) is 0 Å². The van der Waals surface area contributed by atoms with E-state index < -0.39 is 0 Å². The van der Waals surface area contributed by atoms with Crippen molar-refractivity contribution in [2.75, 3.05) is 53.4 Å². The minimum atomic E-state index is 0. The topological polar surface area (TPSA) is 163 Å². The van der Waals surface area contributed by atoms with Crippen LogP contribution in [0.3, 0.4) is 0 Å². The van der Waals surface area contributed by atoms with Crippen molar-refractivity contribution in [1.29, 1.82) is 0 Å². The van der Waals surface area contributed by atoms with Gasteiger partial charge in [0.15, 0.2) is 0 Å². The van der Waals surface area contributed by atoms with Crippen molar-refractivity contribution >= 4 is 23.9 Å². The normalized spacial score (nSPS) is 14.1. The maximum absolute atomic E-state index is 11.3. The van der Waals surface area contributed by atoms with Gasteiger partial charge in [-0.3, -0.25) is 19.8 Å². The zero-order chi connectivity index (χ0) is 29.5. The van der Waals surface area contributed by atoms with Crippen LogP contribution >= 0.6 is 0 Å². The van der Waals surface area contributed by atoms with Gasteiger partial charge in [0.05, 0.1) is 19.6 Å². The Morgan fingerprint density at radius 3 is 1.05 bits per heavy atom. The number of aliphatic imine (C=N–C) groups is 3. The molecule has 1 amide bonds. The molecule has 3 aliphatic rings. The van der Waals surface area contributed by atoms with E-state index in [0.717, 1.165) is 63.2 Å². The summed E-state index contributed by atoms with van der Waals surface area (Å²) in [4.78, 5) is 23.4. The third-order valence-corrected chi connectivity index (χ3v) is 5.66. The van der Waals surface area contributed by atoms with Gasteiger partial charge >= 0.3 is 19.5 Å². The third-order valence-electron chi connectivity index (χ3n) is 5.66. The molecule has 0 saturated carbocycles. The van der Waals surface area contributed by atoms with Crippen LogP contribution in [0.2, 0.25) is 0 Å². The van der Waals surface area contributed by atoms with Crippen molar-refractivity contribution in [3.05, 3.63) is 89.5 Å². The second-order valence-electron chi connectivity index (χ2n) is 9.03. The molecular weight excluding hydrogens is 623 g/mol. The van der Waals surface area contributed by atoms with Crippen LogP contribution < -0.4 is 31.3 Å². The van der Waals surface area contributed by atoms with Crippen molar-refractivity contribution in [3.63, 3.8) is 0 Å². The number of carbonyl (C=O) groups is 1. The maximum Gasteiger partial charge on any atom is 3.00 e. The van der Waals surface area contributed by atoms with Crippen LogP contribution in [0.1, 0.15) is 16.7 Å². The number of amidine groups is 3. The van der Waals surface area contributed by atoms with Gasteiger partial charge in [-0.1, -0.05) is 90.0 Å². The van der Waals surface area contributed by atoms with Crippen molar-refractivity contribution in [3.8, 4) is 17.2 Å². The molecule has 3 aromatic rings. The summed E-state index contributed by atoms with van der Waals surface area (Å²) in [7, 11) is 3.38. The fraction of sp³-hybridized carbons (Fsp3) is 0.267. The fourth-order valence-electron chi connectivity index (χ4n) is 3.72. The molecule has 12 heteroatoms. The molecule has 11 nitrogen and oxygen atoms in total. The van der Waals surface area contributed by atoms with Crippen LogP contribution in [0.5, 0.6) is 17.2 Å². The summed E-state index contributed by atoms with van der Waals surface area (Å²) < 4.78 is 0. The summed E-state index contributed by atoms with van der Waals surface area (Å²) in [5.41, 5.74) is 2.03. The Balaban J connectivity index is 0.000000202. The van der Waals surface area contributed by atoms with E-state index in [-0.39, 0.29) is 36.7 Å². The van der Waals surface area contributed by atoms with Gasteiger partial charge in [-0.25, -0.2) is 0 Å². The summed E-state index contributed by atoms with van der Waals surface area (Å²) in [6.07, 6.45) is 0.750. The average molecular weight is 658 g/mol. The second kappa shape index (κ2) is 18.1. The molecule has 42 heavy (non-hydrogen) atoms. The van der Waals surface area contributed by atoms with Gasteiger partial charge in [0.25, 0.3) is 0 Å². The molecule has 0 aromatic heterocycles. The number of nitrogens with one attached hydrogen (secondary N) is 3. The third kappa shape index (κ3) is 10.5. The molecule has 0 atom stereocenters. The average Bonchev–Trinajstić information content (AvgIpc) is 3.79. The Morgan fingerprint density at radius 1 is 0.595 bits per heavy atom. The van der Waals surface area contributed by atoms with E-state index in [9.17, 15) is 20.1 Å². The quantitative estimate of drug-likeness (QED) is 0.264. The fourth-order valence-corrected chi connectivity index (χ4v) is 3.72. The molecule has 3 aliphatic heterocycles. The van der Waals surface area contributed by atoms with E-state index in [1.807, 2.05) is 18.2 Å². The van der Waals surface area contributed by atoms with E-state index >= 15 is 0 Å². The number of hydrogen-bond acceptors (Lipinski definition) is 10. The zero-order valence-electron chi connectivity index (χ0n) is 23.5. The van der Waals surface area contributed by atoms with Crippen molar-refractivity contribution in [2.45, 2.75) is 0 Å². The van der Waals surface area contributed by atoms with Gasteiger partial charge < -0.3 is 36.2 Å². The monoisotopic (exact) mass is 658 g/mol. The van der Waals surface area contributed by atoms with Gasteiger partial charge in [-0.2, -0.15) is 0 Å². The number of rotatable bonds is 4. The van der Waals surface area contributed by atoms with E-state index in [2.05, 4.69) is 30.9 Å². The van der Waals surface area contributed by atoms with Gasteiger partial charge in [0, 0.05) is 50.4 Å². The largest absolute Gasteiger partial charge is 3.00 e. The number of benzene rings is 3. The zero-order valence-corrected chi connectivity index (χ0v) is 25.3. The predicted molar refractivity (Wildman–Crippen MR) is 156 cm³/mol. The minimum absolute atomic E-state index is 0. The molecule has 1 radical (unpaired) electrons. The molecule has 3 N–H and O–H groups in total. The minimum Gasteiger partial charge on any atom is -0.872 e. The van der Waals surface area contributed by atoms with Gasteiger partial charge in [-0.05, 0) is 0 Å². The first kappa shape index (κ1) is 33.8. The van der Waals surface area contributed by atoms with Crippen LogP contribution in [-0.4, -0.2) is 82.2 Å². The molecule has 0 unspecified atom stereocenters. The van der Waals surface area contributed by atoms with Crippen molar-refractivity contribution in [1.82, 2.24) is 20.9 Å². The van der Waals surface area contributed by atoms with E-state index in [1.54, 1.807) is 68.7 Å². The summed E-state index contributed by atoms with van der Waals surface area (Å²) in [5.74, 6) is 2.31. The Hall–Kier alpha value is -4.44. The standard InChI is InChI=1S/3C9H10N2O.C3H7NO.Ru/c3*12-8-4-2-1-3-7(8)9-10-5-6-11-9;1-4(2)3-5;/h3*1-4,12H,5-6H2,(H,10,11);3H,1-2H3;/q;;;;+3/p-3. The second-order valence-corrected chi connectivity index (χ2v) is 9.03. The number of hydrogen-bond donors (Lipinski definition) is 3. The maximum atomic E-state index is 11.3. The molecule has 0 saturated heterocycles. The number of para-hydroxylation sites is 3. The SMILES string of the molecule is CN(C)C=O.[O-]c1ccccc1C1=NCCN1.[O-]c1ccccc1C1=NCCN1.[O-]c1ccccc1C1=NCCN1.[Ru+3]. The molecular formula is C30H34N7O4Ru. The molecule has 0 aliphatic carbocycles. The van der Waals surface area contributed by atoms with Gasteiger partial charge in [0.1, 0.15) is 17.5 Å². The van der Waals surface area contributed by atoms with Crippen LogP contribution in [0.25, 0.3) is 0 Å². The van der Waals surface area contributed by atoms with E-state index in [1.165, 1.54) is 4.90 Å². The molecule has 0 bridgehead atoms. The molecule has 3 aromatic carbocycles. The molecule has 221 valence electrons. The summed E-state index contributed by atoms with van der Waals surface area (Å²) in [6.45, 7) is 4.81.